The van der Waals surface area contributed by atoms with E-state index in [9.17, 15) is 14.7 Å². The monoisotopic (exact) mass is 394 g/mol. The van der Waals surface area contributed by atoms with E-state index in [2.05, 4.69) is 31.3 Å². The maximum atomic E-state index is 9.94. The number of fused-ring (bicyclic) bond motifs is 2. The van der Waals surface area contributed by atoms with Crippen molar-refractivity contribution in [1.29, 1.82) is 0 Å². The van der Waals surface area contributed by atoms with Crippen LogP contribution in [0.25, 0.3) is 0 Å². The first-order chi connectivity index (χ1) is 11.2. The second kappa shape index (κ2) is 9.30. The smallest absolute Gasteiger partial charge is 0.318 e. The number of carboxylic acids is 2. The molecule has 2 bridgehead atoms. The average Bonchev–Trinajstić information content (AvgIpc) is 3.04. The van der Waals surface area contributed by atoms with Crippen molar-refractivity contribution in [3.63, 3.8) is 0 Å². The maximum absolute atomic E-state index is 9.94. The minimum absolute atomic E-state index is 0.0145. The van der Waals surface area contributed by atoms with Gasteiger partial charge in [-0.2, -0.15) is 25.3 Å². The zero-order valence-electron chi connectivity index (χ0n) is 15.2. The lowest BCUT2D eigenvalue weighted by molar-refractivity contribution is -0.139. The lowest BCUT2D eigenvalue weighted by Crippen LogP contribution is -2.24. The quantitative estimate of drug-likeness (QED) is 0.322. The van der Waals surface area contributed by atoms with Crippen molar-refractivity contribution < 1.29 is 30.0 Å². The van der Waals surface area contributed by atoms with Crippen LogP contribution in [0.3, 0.4) is 0 Å². The van der Waals surface area contributed by atoms with Crippen LogP contribution in [-0.4, -0.2) is 55.1 Å². The van der Waals surface area contributed by atoms with E-state index in [1.807, 2.05) is 0 Å². The summed E-state index contributed by atoms with van der Waals surface area (Å²) < 4.78 is -1.78. The molecule has 6 nitrogen and oxygen atoms in total. The van der Waals surface area contributed by atoms with Gasteiger partial charge in [0, 0.05) is 5.41 Å². The zero-order valence-corrected chi connectivity index (χ0v) is 17.0. The number of hydrogen-bond acceptors (Lipinski definition) is 6. The van der Waals surface area contributed by atoms with Gasteiger partial charge in [-0.1, -0.05) is 6.08 Å². The highest BCUT2D eigenvalue weighted by Crippen LogP contribution is 2.53. The van der Waals surface area contributed by atoms with Gasteiger partial charge in [-0.15, -0.1) is 0 Å². The van der Waals surface area contributed by atoms with Crippen LogP contribution in [0, 0.1) is 11.3 Å². The molecule has 0 spiro atoms. The molecular weight excluding hydrogens is 364 g/mol. The number of carbonyl (C=O) groups is 2. The lowest BCUT2D eigenvalue weighted by atomic mass is 9.81. The Labute approximate surface area is 160 Å². The number of thiol groups is 2. The Kier molecular flexibility index (Phi) is 9.04. The van der Waals surface area contributed by atoms with Crippen molar-refractivity contribution in [3.8, 4) is 0 Å². The molecule has 0 aromatic rings. The Balaban J connectivity index is 0.000000366. The highest BCUT2D eigenvalue weighted by atomic mass is 32.1. The Morgan fingerprint density at radius 3 is 1.72 bits per heavy atom. The van der Waals surface area contributed by atoms with Crippen molar-refractivity contribution in [2.75, 3.05) is 13.2 Å². The SMILES string of the molecule is CC(C)(S)C(=O)O.CC(C)(S)C(=O)O.OCC1=CC2CCC1(CO)C2. The normalized spacial score (nSPS) is 24.5. The third-order valence-electron chi connectivity index (χ3n) is 4.28. The molecule has 1 fully saturated rings. The largest absolute Gasteiger partial charge is 0.480 e. The van der Waals surface area contributed by atoms with E-state index in [1.54, 1.807) is 0 Å². The molecule has 0 radical (unpaired) electrons. The molecule has 0 amide bonds. The third-order valence-corrected chi connectivity index (χ3v) is 4.67. The minimum atomic E-state index is -0.893. The maximum Gasteiger partial charge on any atom is 0.318 e. The van der Waals surface area contributed by atoms with Gasteiger partial charge in [0.05, 0.1) is 13.2 Å². The van der Waals surface area contributed by atoms with E-state index in [0.29, 0.717) is 5.92 Å². The average molecular weight is 395 g/mol. The summed E-state index contributed by atoms with van der Waals surface area (Å²) in [6, 6.07) is 0. The summed E-state index contributed by atoms with van der Waals surface area (Å²) in [7, 11) is 0. The molecule has 8 heteroatoms. The fraction of sp³-hybridized carbons (Fsp3) is 0.765. The van der Waals surface area contributed by atoms with Crippen molar-refractivity contribution >= 4 is 37.2 Å². The van der Waals surface area contributed by atoms with Gasteiger partial charge in [-0.25, -0.2) is 0 Å². The van der Waals surface area contributed by atoms with E-state index < -0.39 is 21.4 Å². The number of aliphatic hydroxyl groups excluding tert-OH is 2. The van der Waals surface area contributed by atoms with Gasteiger partial charge in [-0.3, -0.25) is 9.59 Å². The first kappa shape index (κ1) is 24.3. The van der Waals surface area contributed by atoms with Gasteiger partial charge in [0.15, 0.2) is 0 Å². The van der Waals surface area contributed by atoms with Gasteiger partial charge in [0.25, 0.3) is 0 Å². The highest BCUT2D eigenvalue weighted by molar-refractivity contribution is 7.82. The van der Waals surface area contributed by atoms with Crippen LogP contribution in [0.15, 0.2) is 11.6 Å². The Hall–Kier alpha value is -0.700. The number of aliphatic hydroxyl groups is 2. The molecule has 4 N–H and O–H groups in total. The van der Waals surface area contributed by atoms with E-state index in [4.69, 9.17) is 15.3 Å². The van der Waals surface area contributed by atoms with Gasteiger partial charge >= 0.3 is 11.9 Å². The van der Waals surface area contributed by atoms with E-state index in [1.165, 1.54) is 34.1 Å². The molecule has 2 aliphatic carbocycles. The predicted molar refractivity (Wildman–Crippen MR) is 103 cm³/mol. The molecule has 1 saturated carbocycles. The van der Waals surface area contributed by atoms with Crippen LogP contribution in [0.2, 0.25) is 0 Å². The van der Waals surface area contributed by atoms with Gasteiger partial charge in [0.2, 0.25) is 0 Å². The molecule has 2 aliphatic rings. The molecule has 0 heterocycles. The molecule has 0 aromatic heterocycles. The lowest BCUT2D eigenvalue weighted by Gasteiger charge is -2.26. The van der Waals surface area contributed by atoms with Crippen LogP contribution in [0.4, 0.5) is 0 Å². The fourth-order valence-corrected chi connectivity index (χ4v) is 2.53. The Morgan fingerprint density at radius 2 is 1.52 bits per heavy atom. The summed E-state index contributed by atoms with van der Waals surface area (Å²) >= 11 is 7.50. The topological polar surface area (TPSA) is 115 Å². The standard InChI is InChI=1S/C9H14O2.2C4H8O2S/c10-5-8-3-7-1-2-9(8,4-7)6-11;2*1-4(2,7)3(5)6/h3,7,10-11H,1-2,4-6H2;2*7H,1-2H3,(H,5,6). The molecule has 25 heavy (non-hydrogen) atoms. The van der Waals surface area contributed by atoms with Crippen LogP contribution < -0.4 is 0 Å². The van der Waals surface area contributed by atoms with Crippen LogP contribution in [0.1, 0.15) is 47.0 Å². The van der Waals surface area contributed by atoms with E-state index in [0.717, 1.165) is 18.4 Å². The first-order valence-electron chi connectivity index (χ1n) is 8.04. The highest BCUT2D eigenvalue weighted by Gasteiger charge is 2.45. The van der Waals surface area contributed by atoms with Crippen molar-refractivity contribution in [3.05, 3.63) is 11.6 Å². The second-order valence-electron chi connectivity index (χ2n) is 7.52. The van der Waals surface area contributed by atoms with Crippen molar-refractivity contribution in [2.45, 2.75) is 56.5 Å². The molecular formula is C17H30O6S2. The Bertz CT molecular complexity index is 480. The molecule has 0 aromatic carbocycles. The summed E-state index contributed by atoms with van der Waals surface area (Å²) in [5.41, 5.74) is 1.07. The number of rotatable bonds is 4. The van der Waals surface area contributed by atoms with Crippen LogP contribution in [-0.2, 0) is 9.59 Å². The summed E-state index contributed by atoms with van der Waals surface area (Å²) in [5, 5.41) is 34.5. The van der Waals surface area contributed by atoms with Gasteiger partial charge in [-0.05, 0) is 58.4 Å². The van der Waals surface area contributed by atoms with Crippen LogP contribution >= 0.6 is 25.3 Å². The zero-order chi connectivity index (χ0) is 20.1. The summed E-state index contributed by atoms with van der Waals surface area (Å²) in [6.07, 6.45) is 5.49. The molecule has 2 atom stereocenters. The van der Waals surface area contributed by atoms with Crippen molar-refractivity contribution in [1.82, 2.24) is 0 Å². The fourth-order valence-electron chi connectivity index (χ4n) is 2.53. The summed E-state index contributed by atoms with van der Waals surface area (Å²) in [6.45, 7) is 6.46. The predicted octanol–water partition coefficient (Wildman–Crippen LogP) is 2.26. The number of aliphatic carboxylic acids is 2. The van der Waals surface area contributed by atoms with E-state index in [-0.39, 0.29) is 18.6 Å². The second-order valence-corrected chi connectivity index (χ2v) is 9.76. The molecule has 0 saturated heterocycles. The third kappa shape index (κ3) is 7.60. The van der Waals surface area contributed by atoms with Gasteiger partial charge < -0.3 is 20.4 Å². The molecule has 0 aliphatic heterocycles. The molecule has 2 rings (SSSR count). The number of hydrogen-bond donors (Lipinski definition) is 6. The van der Waals surface area contributed by atoms with Crippen molar-refractivity contribution in [2.24, 2.45) is 11.3 Å². The summed E-state index contributed by atoms with van der Waals surface area (Å²) in [4.78, 5) is 19.9. The minimum Gasteiger partial charge on any atom is -0.480 e. The van der Waals surface area contributed by atoms with Crippen LogP contribution in [0.5, 0.6) is 0 Å². The van der Waals surface area contributed by atoms with Gasteiger partial charge in [0.1, 0.15) is 9.49 Å². The molecule has 2 unspecified atom stereocenters. The first-order valence-corrected chi connectivity index (χ1v) is 8.93. The number of carboxylic acid groups (broad SMARTS) is 2. The summed E-state index contributed by atoms with van der Waals surface area (Å²) in [5.74, 6) is -1.14. The number of allylic oxidation sites excluding steroid dienone is 1. The molecule has 146 valence electrons. The van der Waals surface area contributed by atoms with E-state index >= 15 is 0 Å². The Morgan fingerprint density at radius 1 is 1.12 bits per heavy atom.